The highest BCUT2D eigenvalue weighted by Crippen LogP contribution is 2.26. The zero-order chi connectivity index (χ0) is 9.80. The Morgan fingerprint density at radius 3 is 2.57 bits per heavy atom. The Balaban J connectivity index is 2.05. The largest absolute Gasteiger partial charge is 0.494 e. The molecule has 0 amide bonds. The lowest BCUT2D eigenvalue weighted by Crippen LogP contribution is -2.06. The molecule has 1 aliphatic rings. The fourth-order valence-electron chi connectivity index (χ4n) is 1.21. The van der Waals surface area contributed by atoms with Crippen molar-refractivity contribution >= 4 is 22.5 Å². The van der Waals surface area contributed by atoms with Crippen molar-refractivity contribution in [1.29, 1.82) is 0 Å². The predicted octanol–water partition coefficient (Wildman–Crippen LogP) is 3.25. The van der Waals surface area contributed by atoms with E-state index in [1.807, 2.05) is 43.0 Å². The highest BCUT2D eigenvalue weighted by molar-refractivity contribution is 8.15. The van der Waals surface area contributed by atoms with E-state index in [9.17, 15) is 0 Å². The SMILES string of the molecule is CCOc1ccc(N=C2CCS2)cc1. The zero-order valence-corrected chi connectivity index (χ0v) is 9.01. The maximum Gasteiger partial charge on any atom is 0.119 e. The van der Waals surface area contributed by atoms with Crippen molar-refractivity contribution in [2.45, 2.75) is 13.3 Å². The van der Waals surface area contributed by atoms with Gasteiger partial charge in [0.15, 0.2) is 0 Å². The molecule has 1 heterocycles. The van der Waals surface area contributed by atoms with Crippen LogP contribution in [0.15, 0.2) is 29.3 Å². The number of hydrogen-bond donors (Lipinski definition) is 0. The highest BCUT2D eigenvalue weighted by atomic mass is 32.2. The molecule has 0 unspecified atom stereocenters. The third-order valence-electron chi connectivity index (χ3n) is 1.99. The van der Waals surface area contributed by atoms with Gasteiger partial charge < -0.3 is 4.74 Å². The first kappa shape index (κ1) is 9.59. The fourth-order valence-corrected chi connectivity index (χ4v) is 1.77. The van der Waals surface area contributed by atoms with Gasteiger partial charge in [-0.2, -0.15) is 0 Å². The molecule has 2 rings (SSSR count). The van der Waals surface area contributed by atoms with Crippen LogP contribution in [-0.2, 0) is 0 Å². The summed E-state index contributed by atoms with van der Waals surface area (Å²) in [6, 6.07) is 7.92. The van der Waals surface area contributed by atoms with Gasteiger partial charge in [0.05, 0.1) is 17.3 Å². The Bertz CT molecular complexity index is 326. The van der Waals surface area contributed by atoms with Crippen LogP contribution in [0.5, 0.6) is 5.75 Å². The molecule has 0 saturated carbocycles. The number of aliphatic imine (C=N–C) groups is 1. The molecule has 0 aromatic heterocycles. The number of benzene rings is 1. The molecule has 1 aromatic carbocycles. The molecule has 0 atom stereocenters. The van der Waals surface area contributed by atoms with Crippen LogP contribution in [0.25, 0.3) is 0 Å². The molecule has 3 heteroatoms. The first-order valence-electron chi connectivity index (χ1n) is 4.81. The topological polar surface area (TPSA) is 21.6 Å². The maximum atomic E-state index is 5.35. The van der Waals surface area contributed by atoms with Crippen LogP contribution in [0.3, 0.4) is 0 Å². The lowest BCUT2D eigenvalue weighted by molar-refractivity contribution is 0.340. The van der Waals surface area contributed by atoms with Crippen LogP contribution in [0.1, 0.15) is 13.3 Å². The predicted molar refractivity (Wildman–Crippen MR) is 61.8 cm³/mol. The molecular formula is C11H13NOS. The number of ether oxygens (including phenoxy) is 1. The fraction of sp³-hybridized carbons (Fsp3) is 0.364. The van der Waals surface area contributed by atoms with Gasteiger partial charge in [0.1, 0.15) is 5.75 Å². The second kappa shape index (κ2) is 4.51. The van der Waals surface area contributed by atoms with E-state index in [1.165, 1.54) is 10.8 Å². The molecule has 0 spiro atoms. The Morgan fingerprint density at radius 2 is 2.07 bits per heavy atom. The molecule has 0 aliphatic carbocycles. The summed E-state index contributed by atoms with van der Waals surface area (Å²) in [5.74, 6) is 2.13. The Kier molecular flexibility index (Phi) is 3.09. The summed E-state index contributed by atoms with van der Waals surface area (Å²) in [6.07, 6.45) is 1.14. The molecular weight excluding hydrogens is 194 g/mol. The Labute approximate surface area is 88.4 Å². The number of nitrogens with zero attached hydrogens (tertiary/aromatic N) is 1. The summed E-state index contributed by atoms with van der Waals surface area (Å²) in [7, 11) is 0. The van der Waals surface area contributed by atoms with Crippen LogP contribution in [0.4, 0.5) is 5.69 Å². The van der Waals surface area contributed by atoms with Gasteiger partial charge in [-0.25, -0.2) is 4.99 Å². The van der Waals surface area contributed by atoms with Crippen LogP contribution in [0.2, 0.25) is 0 Å². The first-order chi connectivity index (χ1) is 6.88. The summed E-state index contributed by atoms with van der Waals surface area (Å²) >= 11 is 1.83. The molecule has 1 saturated heterocycles. The van der Waals surface area contributed by atoms with Gasteiger partial charge in [-0.05, 0) is 31.2 Å². The number of thioether (sulfide) groups is 1. The molecule has 0 bridgehead atoms. The average Bonchev–Trinajstić information content (AvgIpc) is 2.14. The van der Waals surface area contributed by atoms with E-state index in [-0.39, 0.29) is 0 Å². The maximum absolute atomic E-state index is 5.35. The number of rotatable bonds is 3. The minimum atomic E-state index is 0.712. The normalized spacial score (nSPS) is 17.9. The van der Waals surface area contributed by atoms with Crippen molar-refractivity contribution in [3.63, 3.8) is 0 Å². The van der Waals surface area contributed by atoms with Crippen molar-refractivity contribution in [1.82, 2.24) is 0 Å². The van der Waals surface area contributed by atoms with E-state index in [0.29, 0.717) is 6.61 Å². The van der Waals surface area contributed by atoms with E-state index in [0.717, 1.165) is 17.9 Å². The van der Waals surface area contributed by atoms with Crippen molar-refractivity contribution in [2.24, 2.45) is 4.99 Å². The number of hydrogen-bond acceptors (Lipinski definition) is 3. The zero-order valence-electron chi connectivity index (χ0n) is 8.19. The van der Waals surface area contributed by atoms with Crippen molar-refractivity contribution < 1.29 is 4.74 Å². The lowest BCUT2D eigenvalue weighted by atomic mass is 10.3. The van der Waals surface area contributed by atoms with Gasteiger partial charge >= 0.3 is 0 Å². The van der Waals surface area contributed by atoms with Gasteiger partial charge in [0, 0.05) is 12.2 Å². The minimum absolute atomic E-state index is 0.712. The highest BCUT2D eigenvalue weighted by Gasteiger charge is 2.10. The molecule has 0 radical (unpaired) electrons. The van der Waals surface area contributed by atoms with Gasteiger partial charge in [0.2, 0.25) is 0 Å². The van der Waals surface area contributed by atoms with Crippen molar-refractivity contribution in [2.75, 3.05) is 12.4 Å². The summed E-state index contributed by atoms with van der Waals surface area (Å²) in [6.45, 7) is 2.70. The van der Waals surface area contributed by atoms with Crippen LogP contribution in [0, 0.1) is 0 Å². The Morgan fingerprint density at radius 1 is 1.36 bits per heavy atom. The second-order valence-corrected chi connectivity index (χ2v) is 4.20. The molecule has 2 nitrogen and oxygen atoms in total. The van der Waals surface area contributed by atoms with Crippen LogP contribution >= 0.6 is 11.8 Å². The van der Waals surface area contributed by atoms with Gasteiger partial charge in [-0.1, -0.05) is 0 Å². The standard InChI is InChI=1S/C11H13NOS/c1-2-13-10-5-3-9(4-6-10)12-11-7-8-14-11/h3-6H,2,7-8H2,1H3. The van der Waals surface area contributed by atoms with Crippen LogP contribution in [-0.4, -0.2) is 17.4 Å². The molecule has 14 heavy (non-hydrogen) atoms. The third-order valence-corrected chi connectivity index (χ3v) is 3.02. The minimum Gasteiger partial charge on any atom is -0.494 e. The first-order valence-corrected chi connectivity index (χ1v) is 5.80. The Hall–Kier alpha value is -0.960. The molecule has 1 aliphatic heterocycles. The molecule has 74 valence electrons. The van der Waals surface area contributed by atoms with E-state index >= 15 is 0 Å². The second-order valence-electron chi connectivity index (χ2n) is 3.03. The summed E-state index contributed by atoms with van der Waals surface area (Å²) < 4.78 is 5.35. The average molecular weight is 207 g/mol. The monoisotopic (exact) mass is 207 g/mol. The van der Waals surface area contributed by atoms with Crippen LogP contribution < -0.4 is 4.74 Å². The lowest BCUT2D eigenvalue weighted by Gasteiger charge is -2.13. The summed E-state index contributed by atoms with van der Waals surface area (Å²) in [4.78, 5) is 4.49. The molecule has 0 N–H and O–H groups in total. The van der Waals surface area contributed by atoms with Gasteiger partial charge in [0.25, 0.3) is 0 Å². The molecule has 1 fully saturated rings. The van der Waals surface area contributed by atoms with E-state index in [1.54, 1.807) is 0 Å². The van der Waals surface area contributed by atoms with E-state index in [4.69, 9.17) is 4.74 Å². The summed E-state index contributed by atoms with van der Waals surface area (Å²) in [5.41, 5.74) is 1.02. The van der Waals surface area contributed by atoms with Gasteiger partial charge in [-0.3, -0.25) is 0 Å². The van der Waals surface area contributed by atoms with Gasteiger partial charge in [-0.15, -0.1) is 11.8 Å². The molecule has 1 aromatic rings. The smallest absolute Gasteiger partial charge is 0.119 e. The summed E-state index contributed by atoms with van der Waals surface area (Å²) in [5, 5.41) is 1.24. The van der Waals surface area contributed by atoms with E-state index < -0.39 is 0 Å². The van der Waals surface area contributed by atoms with E-state index in [2.05, 4.69) is 4.99 Å². The third kappa shape index (κ3) is 2.29. The van der Waals surface area contributed by atoms with Crippen molar-refractivity contribution in [3.05, 3.63) is 24.3 Å². The quantitative estimate of drug-likeness (QED) is 0.758. The van der Waals surface area contributed by atoms with Crippen molar-refractivity contribution in [3.8, 4) is 5.75 Å².